The Bertz CT molecular complexity index is 1350. The van der Waals surface area contributed by atoms with E-state index in [2.05, 4.69) is 60.3 Å². The van der Waals surface area contributed by atoms with Crippen LogP contribution in [0.3, 0.4) is 0 Å². The van der Waals surface area contributed by atoms with E-state index in [4.69, 9.17) is 4.98 Å². The van der Waals surface area contributed by atoms with Crippen LogP contribution in [0.25, 0.3) is 20.4 Å². The number of thioether (sulfide) groups is 1. The van der Waals surface area contributed by atoms with Gasteiger partial charge in [-0.15, -0.1) is 11.3 Å². The number of hydrogen-bond acceptors (Lipinski definition) is 6. The van der Waals surface area contributed by atoms with Crippen molar-refractivity contribution in [2.24, 2.45) is 0 Å². The lowest BCUT2D eigenvalue weighted by Crippen LogP contribution is -2.34. The summed E-state index contributed by atoms with van der Waals surface area (Å²) in [6, 6.07) is 10.5. The molecular formula is C28H32N4OS2. The fraction of sp³-hybridized carbons (Fsp3) is 0.429. The third kappa shape index (κ3) is 5.21. The van der Waals surface area contributed by atoms with Crippen molar-refractivity contribution in [3.8, 4) is 0 Å². The number of rotatable bonds is 8. The highest BCUT2D eigenvalue weighted by molar-refractivity contribution is 8.00. The number of nitrogens with one attached hydrogen (secondary N) is 1. The monoisotopic (exact) mass is 504 g/mol. The molecule has 0 aliphatic heterocycles. The molecule has 1 atom stereocenters. The zero-order valence-electron chi connectivity index (χ0n) is 20.6. The predicted molar refractivity (Wildman–Crippen MR) is 147 cm³/mol. The van der Waals surface area contributed by atoms with Gasteiger partial charge in [0.05, 0.1) is 16.0 Å². The Labute approximate surface area is 215 Å². The number of carbonyl (C=O) groups excluding carboxylic acids is 1. The second-order valence-electron chi connectivity index (χ2n) is 9.74. The molecule has 1 unspecified atom stereocenters. The number of hydrogen-bond donors (Lipinski definition) is 1. The molecule has 5 nitrogen and oxygen atoms in total. The van der Waals surface area contributed by atoms with Gasteiger partial charge in [0.2, 0.25) is 5.91 Å². The summed E-state index contributed by atoms with van der Waals surface area (Å²) in [5.41, 5.74) is 6.42. The Morgan fingerprint density at radius 1 is 1.09 bits per heavy atom. The number of aromatic nitrogens is 3. The van der Waals surface area contributed by atoms with Crippen LogP contribution >= 0.6 is 23.1 Å². The average molecular weight is 505 g/mol. The Balaban J connectivity index is 1.32. The van der Waals surface area contributed by atoms with Gasteiger partial charge in [0, 0.05) is 17.1 Å². The molecule has 35 heavy (non-hydrogen) atoms. The molecule has 0 fully saturated rings. The van der Waals surface area contributed by atoms with Crippen molar-refractivity contribution in [2.45, 2.75) is 76.3 Å². The number of pyridine rings is 1. The van der Waals surface area contributed by atoms with E-state index in [-0.39, 0.29) is 11.9 Å². The third-order valence-electron chi connectivity index (χ3n) is 6.72. The van der Waals surface area contributed by atoms with Gasteiger partial charge in [-0.25, -0.2) is 15.0 Å². The van der Waals surface area contributed by atoms with Gasteiger partial charge in [-0.2, -0.15) is 0 Å². The minimum absolute atomic E-state index is 0.0426. The van der Waals surface area contributed by atoms with E-state index in [1.165, 1.54) is 52.4 Å². The summed E-state index contributed by atoms with van der Waals surface area (Å²) >= 11 is 3.17. The molecule has 0 saturated carbocycles. The van der Waals surface area contributed by atoms with Crippen molar-refractivity contribution < 1.29 is 4.79 Å². The minimum atomic E-state index is 0.0426. The quantitative estimate of drug-likeness (QED) is 0.220. The van der Waals surface area contributed by atoms with Crippen LogP contribution in [0.2, 0.25) is 0 Å². The zero-order chi connectivity index (χ0) is 24.4. The van der Waals surface area contributed by atoms with Crippen molar-refractivity contribution in [1.29, 1.82) is 0 Å². The fourth-order valence-electron chi connectivity index (χ4n) is 5.00. The lowest BCUT2D eigenvalue weighted by molar-refractivity contribution is -0.119. The van der Waals surface area contributed by atoms with Crippen LogP contribution in [0.4, 0.5) is 0 Å². The Hall–Kier alpha value is -2.51. The molecule has 1 amide bonds. The standard InChI is InChI=1S/C28H32N4OS2/c1-17(2)24-21-12-8-7-11-20(21)23-25-26(35-27(23)32-24)28(30-16-29-25)34-15-22(33)31-18(3)13-14-19-9-5-4-6-10-19/h4-6,9-10,16-18H,7-8,11-15H2,1-3H3,(H,31,33). The van der Waals surface area contributed by atoms with Crippen molar-refractivity contribution in [1.82, 2.24) is 20.3 Å². The number of thiophene rings is 1. The van der Waals surface area contributed by atoms with Crippen LogP contribution < -0.4 is 5.32 Å². The molecule has 5 rings (SSSR count). The van der Waals surface area contributed by atoms with Gasteiger partial charge in [0.1, 0.15) is 16.2 Å². The molecule has 0 saturated heterocycles. The van der Waals surface area contributed by atoms with Crippen molar-refractivity contribution in [2.75, 3.05) is 5.75 Å². The molecular weight excluding hydrogens is 472 g/mol. The topological polar surface area (TPSA) is 67.8 Å². The molecule has 3 aromatic heterocycles. The molecule has 0 spiro atoms. The van der Waals surface area contributed by atoms with Crippen LogP contribution in [-0.4, -0.2) is 32.7 Å². The van der Waals surface area contributed by atoms with Gasteiger partial charge >= 0.3 is 0 Å². The highest BCUT2D eigenvalue weighted by Crippen LogP contribution is 2.42. The summed E-state index contributed by atoms with van der Waals surface area (Å²) in [5.74, 6) is 0.795. The van der Waals surface area contributed by atoms with E-state index >= 15 is 0 Å². The maximum atomic E-state index is 12.7. The second-order valence-corrected chi connectivity index (χ2v) is 11.7. The van der Waals surface area contributed by atoms with E-state index in [1.54, 1.807) is 17.7 Å². The van der Waals surface area contributed by atoms with E-state index < -0.39 is 0 Å². The number of benzene rings is 1. The molecule has 0 radical (unpaired) electrons. The summed E-state index contributed by atoms with van der Waals surface area (Å²) < 4.78 is 1.05. The van der Waals surface area contributed by atoms with Crippen molar-refractivity contribution in [3.05, 3.63) is 59.0 Å². The number of aryl methyl sites for hydroxylation is 2. The van der Waals surface area contributed by atoms with Crippen LogP contribution in [0.5, 0.6) is 0 Å². The second kappa shape index (κ2) is 10.6. The summed E-state index contributed by atoms with van der Waals surface area (Å²) in [7, 11) is 0. The first kappa shape index (κ1) is 24.2. The maximum absolute atomic E-state index is 12.7. The summed E-state index contributed by atoms with van der Waals surface area (Å²) in [4.78, 5) is 28.1. The number of nitrogens with zero attached hydrogens (tertiary/aromatic N) is 3. The molecule has 3 heterocycles. The molecule has 1 aromatic carbocycles. The normalized spacial score (nSPS) is 14.4. The zero-order valence-corrected chi connectivity index (χ0v) is 22.3. The van der Waals surface area contributed by atoms with Crippen molar-refractivity contribution >= 4 is 49.4 Å². The minimum Gasteiger partial charge on any atom is -0.353 e. The molecule has 182 valence electrons. The first-order chi connectivity index (χ1) is 17.0. The van der Waals surface area contributed by atoms with Gasteiger partial charge < -0.3 is 5.32 Å². The fourth-order valence-corrected chi connectivity index (χ4v) is 7.05. The van der Waals surface area contributed by atoms with Gasteiger partial charge in [0.15, 0.2) is 0 Å². The van der Waals surface area contributed by atoms with E-state index in [0.29, 0.717) is 11.7 Å². The Morgan fingerprint density at radius 2 is 1.86 bits per heavy atom. The molecule has 1 aliphatic carbocycles. The van der Waals surface area contributed by atoms with Crippen molar-refractivity contribution in [3.63, 3.8) is 0 Å². The van der Waals surface area contributed by atoms with Crippen LogP contribution in [-0.2, 0) is 24.1 Å². The van der Waals surface area contributed by atoms with Crippen LogP contribution in [0, 0.1) is 0 Å². The first-order valence-corrected chi connectivity index (χ1v) is 14.4. The lowest BCUT2D eigenvalue weighted by atomic mass is 9.86. The summed E-state index contributed by atoms with van der Waals surface area (Å²) in [6.45, 7) is 6.54. The SMILES string of the molecule is CC(CCc1ccccc1)NC(=O)CSc1ncnc2c1sc1nc(C(C)C)c3c(c12)CCCC3. The predicted octanol–water partition coefficient (Wildman–Crippen LogP) is 6.47. The Kier molecular flexibility index (Phi) is 7.35. The smallest absolute Gasteiger partial charge is 0.230 e. The third-order valence-corrected chi connectivity index (χ3v) is 8.92. The molecule has 0 bridgehead atoms. The first-order valence-electron chi connectivity index (χ1n) is 12.6. The molecule has 1 N–H and O–H groups in total. The Morgan fingerprint density at radius 3 is 2.63 bits per heavy atom. The van der Waals surface area contributed by atoms with E-state index in [0.717, 1.165) is 45.8 Å². The highest BCUT2D eigenvalue weighted by Gasteiger charge is 2.24. The average Bonchev–Trinajstić information content (AvgIpc) is 3.26. The van der Waals surface area contributed by atoms with Gasteiger partial charge in [-0.1, -0.05) is 55.9 Å². The molecule has 1 aliphatic rings. The summed E-state index contributed by atoms with van der Waals surface area (Å²) in [6.07, 6.45) is 8.17. The molecule has 4 aromatic rings. The van der Waals surface area contributed by atoms with Gasteiger partial charge in [0.25, 0.3) is 0 Å². The van der Waals surface area contributed by atoms with Gasteiger partial charge in [-0.05, 0) is 68.1 Å². The van der Waals surface area contributed by atoms with Crippen LogP contribution in [0.15, 0.2) is 41.7 Å². The van der Waals surface area contributed by atoms with Crippen LogP contribution in [0.1, 0.15) is 68.3 Å². The van der Waals surface area contributed by atoms with E-state index in [1.807, 2.05) is 6.07 Å². The molecule has 7 heteroatoms. The summed E-state index contributed by atoms with van der Waals surface area (Å²) in [5, 5.41) is 5.23. The largest absolute Gasteiger partial charge is 0.353 e. The lowest BCUT2D eigenvalue weighted by Gasteiger charge is -2.21. The number of carbonyl (C=O) groups is 1. The van der Waals surface area contributed by atoms with Gasteiger partial charge in [-0.3, -0.25) is 4.79 Å². The highest BCUT2D eigenvalue weighted by atomic mass is 32.2. The number of amides is 1. The number of fused-ring (bicyclic) bond motifs is 5. The maximum Gasteiger partial charge on any atom is 0.230 e. The van der Waals surface area contributed by atoms with E-state index in [9.17, 15) is 4.79 Å².